The van der Waals surface area contributed by atoms with Crippen LogP contribution in [0.15, 0.2) is 77.3 Å². The Morgan fingerprint density at radius 2 is 1.15 bits per heavy atom. The van der Waals surface area contributed by atoms with Gasteiger partial charge in [-0.05, 0) is 77.1 Å². The molecule has 0 saturated heterocycles. The Kier molecular flexibility index (Phi) is 6.36. The molecule has 27 heavy (non-hydrogen) atoms. The molecular formula is C24H23BrO2. The summed E-state index contributed by atoms with van der Waals surface area (Å²) in [6.45, 7) is 2.19. The Morgan fingerprint density at radius 3 is 1.59 bits per heavy atom. The molecule has 0 aliphatic rings. The standard InChI is InChI=1S/C24H23BrO2/c1-2-3-4-23(17-5-11-20(25)12-6-17)24(18-7-13-21(26)14-8-18)19-9-15-22(27)16-10-19/h5-16,26-27H,2-4H2,1H3. The van der Waals surface area contributed by atoms with Gasteiger partial charge in [0.25, 0.3) is 0 Å². The number of unbranched alkanes of at least 4 members (excludes halogenated alkanes) is 1. The lowest BCUT2D eigenvalue weighted by molar-refractivity contribution is 0.475. The van der Waals surface area contributed by atoms with Crippen LogP contribution in [0.5, 0.6) is 11.5 Å². The molecule has 0 spiro atoms. The van der Waals surface area contributed by atoms with Crippen molar-refractivity contribution >= 4 is 27.1 Å². The van der Waals surface area contributed by atoms with Crippen molar-refractivity contribution in [2.24, 2.45) is 0 Å². The third kappa shape index (κ3) is 4.81. The van der Waals surface area contributed by atoms with Gasteiger partial charge in [-0.2, -0.15) is 0 Å². The summed E-state index contributed by atoms with van der Waals surface area (Å²) < 4.78 is 1.05. The highest BCUT2D eigenvalue weighted by Crippen LogP contribution is 2.36. The number of allylic oxidation sites excluding steroid dienone is 1. The van der Waals surface area contributed by atoms with Gasteiger partial charge in [-0.15, -0.1) is 0 Å². The molecule has 0 aliphatic heterocycles. The summed E-state index contributed by atoms with van der Waals surface area (Å²) in [7, 11) is 0. The Morgan fingerprint density at radius 1 is 0.704 bits per heavy atom. The third-order valence-electron chi connectivity index (χ3n) is 4.59. The van der Waals surface area contributed by atoms with Crippen LogP contribution in [0.25, 0.3) is 11.1 Å². The van der Waals surface area contributed by atoms with Gasteiger partial charge in [0, 0.05) is 4.47 Å². The molecule has 0 unspecified atom stereocenters. The monoisotopic (exact) mass is 422 g/mol. The Bertz CT molecular complexity index is 861. The van der Waals surface area contributed by atoms with Crippen molar-refractivity contribution in [3.05, 3.63) is 94.0 Å². The van der Waals surface area contributed by atoms with Crippen LogP contribution in [-0.2, 0) is 0 Å². The van der Waals surface area contributed by atoms with E-state index in [0.717, 1.165) is 40.4 Å². The van der Waals surface area contributed by atoms with Gasteiger partial charge in [0.15, 0.2) is 0 Å². The summed E-state index contributed by atoms with van der Waals surface area (Å²) >= 11 is 3.52. The fourth-order valence-electron chi connectivity index (χ4n) is 3.19. The zero-order valence-electron chi connectivity index (χ0n) is 15.3. The molecule has 0 bridgehead atoms. The molecule has 0 aliphatic carbocycles. The number of benzene rings is 3. The minimum absolute atomic E-state index is 0.252. The molecule has 0 radical (unpaired) electrons. The molecular weight excluding hydrogens is 400 g/mol. The number of halogens is 1. The summed E-state index contributed by atoms with van der Waals surface area (Å²) in [6.07, 6.45) is 3.15. The van der Waals surface area contributed by atoms with E-state index in [1.54, 1.807) is 24.3 Å². The van der Waals surface area contributed by atoms with E-state index in [0.29, 0.717) is 0 Å². The highest BCUT2D eigenvalue weighted by molar-refractivity contribution is 9.10. The fraction of sp³-hybridized carbons (Fsp3) is 0.167. The van der Waals surface area contributed by atoms with E-state index in [1.165, 1.54) is 11.1 Å². The smallest absolute Gasteiger partial charge is 0.115 e. The minimum Gasteiger partial charge on any atom is -0.508 e. The van der Waals surface area contributed by atoms with E-state index in [2.05, 4.69) is 47.1 Å². The third-order valence-corrected chi connectivity index (χ3v) is 5.12. The molecule has 0 atom stereocenters. The van der Waals surface area contributed by atoms with Gasteiger partial charge in [0.2, 0.25) is 0 Å². The van der Waals surface area contributed by atoms with Crippen LogP contribution in [0.2, 0.25) is 0 Å². The highest BCUT2D eigenvalue weighted by atomic mass is 79.9. The number of phenolic OH excluding ortho intramolecular Hbond substituents is 2. The molecule has 2 N–H and O–H groups in total. The van der Waals surface area contributed by atoms with Crippen molar-refractivity contribution in [1.82, 2.24) is 0 Å². The summed E-state index contributed by atoms with van der Waals surface area (Å²) in [4.78, 5) is 0. The van der Waals surface area contributed by atoms with Crippen molar-refractivity contribution in [1.29, 1.82) is 0 Å². The van der Waals surface area contributed by atoms with Crippen LogP contribution in [-0.4, -0.2) is 10.2 Å². The second kappa shape index (κ2) is 8.92. The van der Waals surface area contributed by atoms with E-state index < -0.39 is 0 Å². The van der Waals surface area contributed by atoms with Crippen LogP contribution in [0.4, 0.5) is 0 Å². The number of phenols is 2. The molecule has 0 fully saturated rings. The van der Waals surface area contributed by atoms with Crippen molar-refractivity contribution < 1.29 is 10.2 Å². The van der Waals surface area contributed by atoms with Crippen molar-refractivity contribution in [2.75, 3.05) is 0 Å². The van der Waals surface area contributed by atoms with Crippen LogP contribution in [0.1, 0.15) is 42.9 Å². The van der Waals surface area contributed by atoms with Gasteiger partial charge in [-0.25, -0.2) is 0 Å². The Hall–Kier alpha value is -2.52. The SMILES string of the molecule is CCCCC(=C(c1ccc(O)cc1)c1ccc(O)cc1)c1ccc(Br)cc1. The van der Waals surface area contributed by atoms with Crippen LogP contribution in [0, 0.1) is 0 Å². The zero-order valence-corrected chi connectivity index (χ0v) is 16.9. The van der Waals surface area contributed by atoms with E-state index in [9.17, 15) is 10.2 Å². The topological polar surface area (TPSA) is 40.5 Å². The van der Waals surface area contributed by atoms with E-state index in [4.69, 9.17) is 0 Å². The average molecular weight is 423 g/mol. The lowest BCUT2D eigenvalue weighted by Gasteiger charge is -2.18. The second-order valence-electron chi connectivity index (χ2n) is 6.56. The van der Waals surface area contributed by atoms with Crippen LogP contribution < -0.4 is 0 Å². The lowest BCUT2D eigenvalue weighted by Crippen LogP contribution is -1.96. The lowest BCUT2D eigenvalue weighted by atomic mass is 9.87. The first-order valence-corrected chi connectivity index (χ1v) is 9.95. The van der Waals surface area contributed by atoms with Crippen molar-refractivity contribution in [3.63, 3.8) is 0 Å². The average Bonchev–Trinajstić information content (AvgIpc) is 2.68. The molecule has 3 aromatic carbocycles. The maximum atomic E-state index is 9.72. The normalized spacial score (nSPS) is 10.6. The first-order valence-electron chi connectivity index (χ1n) is 9.16. The summed E-state index contributed by atoms with van der Waals surface area (Å²) in [5.41, 5.74) is 5.68. The quantitative estimate of drug-likeness (QED) is 0.419. The predicted octanol–water partition coefficient (Wildman–Crippen LogP) is 7.01. The molecule has 0 heterocycles. The molecule has 2 nitrogen and oxygen atoms in total. The zero-order chi connectivity index (χ0) is 19.2. The van der Waals surface area contributed by atoms with Gasteiger partial charge in [0.05, 0.1) is 0 Å². The Balaban J connectivity index is 2.25. The molecule has 3 heteroatoms. The van der Waals surface area contributed by atoms with Gasteiger partial charge in [0.1, 0.15) is 11.5 Å². The predicted molar refractivity (Wildman–Crippen MR) is 116 cm³/mol. The largest absolute Gasteiger partial charge is 0.508 e. The maximum absolute atomic E-state index is 9.72. The fourth-order valence-corrected chi connectivity index (χ4v) is 3.45. The van der Waals surface area contributed by atoms with E-state index in [1.807, 2.05) is 24.3 Å². The first-order chi connectivity index (χ1) is 13.1. The van der Waals surface area contributed by atoms with E-state index >= 15 is 0 Å². The van der Waals surface area contributed by atoms with Crippen LogP contribution in [0.3, 0.4) is 0 Å². The van der Waals surface area contributed by atoms with Gasteiger partial charge in [-0.3, -0.25) is 0 Å². The maximum Gasteiger partial charge on any atom is 0.115 e. The first kappa shape index (κ1) is 19.2. The Labute approximate surface area is 169 Å². The van der Waals surface area contributed by atoms with Gasteiger partial charge in [-0.1, -0.05) is 65.7 Å². The summed E-state index contributed by atoms with van der Waals surface area (Å²) in [5, 5.41) is 19.4. The highest BCUT2D eigenvalue weighted by Gasteiger charge is 2.14. The molecule has 0 aromatic heterocycles. The van der Waals surface area contributed by atoms with Gasteiger partial charge < -0.3 is 10.2 Å². The number of rotatable bonds is 6. The summed E-state index contributed by atoms with van der Waals surface area (Å²) in [5.74, 6) is 0.505. The van der Waals surface area contributed by atoms with Crippen molar-refractivity contribution in [2.45, 2.75) is 26.2 Å². The number of hydrogen-bond donors (Lipinski definition) is 2. The van der Waals surface area contributed by atoms with Crippen molar-refractivity contribution in [3.8, 4) is 11.5 Å². The molecule has 138 valence electrons. The minimum atomic E-state index is 0.252. The summed E-state index contributed by atoms with van der Waals surface area (Å²) in [6, 6.07) is 23.0. The molecule has 3 aromatic rings. The number of aromatic hydroxyl groups is 2. The molecule has 0 saturated carbocycles. The second-order valence-corrected chi connectivity index (χ2v) is 7.47. The number of hydrogen-bond acceptors (Lipinski definition) is 2. The van der Waals surface area contributed by atoms with Crippen LogP contribution >= 0.6 is 15.9 Å². The van der Waals surface area contributed by atoms with Gasteiger partial charge >= 0.3 is 0 Å². The molecule has 3 rings (SSSR count). The molecule has 0 amide bonds. The van der Waals surface area contributed by atoms with E-state index in [-0.39, 0.29) is 11.5 Å².